The summed E-state index contributed by atoms with van der Waals surface area (Å²) in [6.45, 7) is 6.40. The largest absolute Gasteiger partial charge is 0.444 e. The maximum absolute atomic E-state index is 11.3. The lowest BCUT2D eigenvalue weighted by Gasteiger charge is -2.19. The summed E-state index contributed by atoms with van der Waals surface area (Å²) in [5, 5.41) is 2.65. The van der Waals surface area contributed by atoms with Gasteiger partial charge in [-0.05, 0) is 33.6 Å². The minimum atomic E-state index is -3.09. The molecule has 0 unspecified atom stereocenters. The Labute approximate surface area is 110 Å². The number of amides is 1. The van der Waals surface area contributed by atoms with Gasteiger partial charge in [0.1, 0.15) is 5.60 Å². The number of alkyl carbamates (subject to hydrolysis) is 1. The fourth-order valence-electron chi connectivity index (χ4n) is 1.19. The first kappa shape index (κ1) is 17.2. The lowest BCUT2D eigenvalue weighted by molar-refractivity contribution is 0.0527. The highest BCUT2D eigenvalue weighted by Crippen LogP contribution is 2.06. The third-order valence-corrected chi connectivity index (χ3v) is 2.61. The van der Waals surface area contributed by atoms with Gasteiger partial charge in [-0.2, -0.15) is 0 Å². The predicted molar refractivity (Wildman–Crippen MR) is 70.9 cm³/mol. The van der Waals surface area contributed by atoms with E-state index in [9.17, 15) is 13.2 Å². The molecule has 0 aliphatic rings. The van der Waals surface area contributed by atoms with Crippen molar-refractivity contribution in [1.82, 2.24) is 10.0 Å². The number of hydrogen-bond donors (Lipinski definition) is 2. The van der Waals surface area contributed by atoms with Gasteiger partial charge < -0.3 is 10.1 Å². The Kier molecular flexibility index (Phi) is 7.23. The van der Waals surface area contributed by atoms with E-state index in [1.807, 2.05) is 20.8 Å². The average Bonchev–Trinajstić information content (AvgIpc) is 2.11. The van der Waals surface area contributed by atoms with Crippen LogP contribution in [0.5, 0.6) is 0 Å². The molecule has 2 N–H and O–H groups in total. The second kappa shape index (κ2) is 7.58. The van der Waals surface area contributed by atoms with E-state index in [-0.39, 0.29) is 0 Å². The number of ether oxygens (including phenoxy) is 1. The Morgan fingerprint density at radius 1 is 1.11 bits per heavy atom. The first-order valence-electron chi connectivity index (χ1n) is 6.02. The Hall–Kier alpha value is -0.820. The number of sulfonamides is 1. The summed E-state index contributed by atoms with van der Waals surface area (Å²) in [5.74, 6) is 0. The van der Waals surface area contributed by atoms with E-state index < -0.39 is 21.7 Å². The number of unbranched alkanes of at least 4 members (excludes halogenated alkanes) is 2. The lowest BCUT2D eigenvalue weighted by Crippen LogP contribution is -2.33. The highest BCUT2D eigenvalue weighted by Gasteiger charge is 2.15. The highest BCUT2D eigenvalue weighted by atomic mass is 32.2. The summed E-state index contributed by atoms with van der Waals surface area (Å²) in [5.41, 5.74) is -0.483. The minimum Gasteiger partial charge on any atom is -0.444 e. The van der Waals surface area contributed by atoms with Crippen molar-refractivity contribution in [3.63, 3.8) is 0 Å². The van der Waals surface area contributed by atoms with E-state index in [0.717, 1.165) is 25.5 Å². The number of rotatable bonds is 7. The second-order valence-electron chi connectivity index (χ2n) is 5.16. The average molecular weight is 280 g/mol. The van der Waals surface area contributed by atoms with E-state index in [4.69, 9.17) is 4.74 Å². The summed E-state index contributed by atoms with van der Waals surface area (Å²) in [6, 6.07) is 0. The molecule has 1 amide bonds. The van der Waals surface area contributed by atoms with Gasteiger partial charge in [0, 0.05) is 13.1 Å². The molecule has 0 atom stereocenters. The van der Waals surface area contributed by atoms with Crippen LogP contribution in [0.3, 0.4) is 0 Å². The molecule has 0 aliphatic carbocycles. The third kappa shape index (κ3) is 13.2. The van der Waals surface area contributed by atoms with Gasteiger partial charge in [-0.15, -0.1) is 0 Å². The molecule has 0 bridgehead atoms. The van der Waals surface area contributed by atoms with Crippen molar-refractivity contribution in [3.8, 4) is 0 Å². The molecule has 0 aromatic rings. The van der Waals surface area contributed by atoms with E-state index in [1.54, 1.807) is 0 Å². The van der Waals surface area contributed by atoms with Crippen molar-refractivity contribution < 1.29 is 17.9 Å². The van der Waals surface area contributed by atoms with Gasteiger partial charge in [-0.1, -0.05) is 6.42 Å². The van der Waals surface area contributed by atoms with Gasteiger partial charge in [0.2, 0.25) is 10.0 Å². The van der Waals surface area contributed by atoms with Gasteiger partial charge in [-0.25, -0.2) is 17.9 Å². The molecule has 7 heteroatoms. The summed E-state index contributed by atoms with van der Waals surface area (Å²) in [6.07, 6.45) is 3.11. The summed E-state index contributed by atoms with van der Waals surface area (Å²) in [7, 11) is -3.09. The normalized spacial score (nSPS) is 12.2. The molecule has 0 saturated carbocycles. The van der Waals surface area contributed by atoms with Crippen LogP contribution in [0.15, 0.2) is 0 Å². The Balaban J connectivity index is 3.44. The van der Waals surface area contributed by atoms with Crippen molar-refractivity contribution >= 4 is 16.1 Å². The molecule has 0 aromatic carbocycles. The van der Waals surface area contributed by atoms with E-state index >= 15 is 0 Å². The molecular weight excluding hydrogens is 256 g/mol. The molecule has 0 saturated heterocycles. The summed E-state index contributed by atoms with van der Waals surface area (Å²) < 4.78 is 29.0. The quantitative estimate of drug-likeness (QED) is 0.687. The van der Waals surface area contributed by atoms with Crippen LogP contribution in [0.1, 0.15) is 40.0 Å². The minimum absolute atomic E-state index is 0.420. The van der Waals surface area contributed by atoms with Crippen molar-refractivity contribution in [2.24, 2.45) is 0 Å². The molecule has 108 valence electrons. The lowest BCUT2D eigenvalue weighted by atomic mass is 10.2. The van der Waals surface area contributed by atoms with Crippen LogP contribution in [-0.2, 0) is 14.8 Å². The maximum atomic E-state index is 11.3. The summed E-state index contributed by atoms with van der Waals surface area (Å²) in [4.78, 5) is 11.3. The summed E-state index contributed by atoms with van der Waals surface area (Å²) >= 11 is 0. The number of nitrogens with one attached hydrogen (secondary N) is 2. The number of hydrogen-bond acceptors (Lipinski definition) is 4. The zero-order chi connectivity index (χ0) is 14.2. The highest BCUT2D eigenvalue weighted by molar-refractivity contribution is 7.88. The van der Waals surface area contributed by atoms with E-state index in [2.05, 4.69) is 10.0 Å². The molecule has 0 aliphatic heterocycles. The van der Waals surface area contributed by atoms with Crippen LogP contribution >= 0.6 is 0 Å². The molecule has 0 aromatic heterocycles. The van der Waals surface area contributed by atoms with Crippen molar-refractivity contribution in [3.05, 3.63) is 0 Å². The maximum Gasteiger partial charge on any atom is 0.407 e. The topological polar surface area (TPSA) is 84.5 Å². The smallest absolute Gasteiger partial charge is 0.407 e. The fraction of sp³-hybridized carbons (Fsp3) is 0.909. The SMILES string of the molecule is CC(C)(C)OC(=O)NCCCCCNS(C)(=O)=O. The molecular formula is C11H24N2O4S. The molecule has 0 heterocycles. The second-order valence-corrected chi connectivity index (χ2v) is 6.99. The van der Waals surface area contributed by atoms with Crippen LogP contribution in [0.4, 0.5) is 4.79 Å². The molecule has 18 heavy (non-hydrogen) atoms. The van der Waals surface area contributed by atoms with Crippen molar-refractivity contribution in [2.45, 2.75) is 45.6 Å². The van der Waals surface area contributed by atoms with Gasteiger partial charge >= 0.3 is 6.09 Å². The van der Waals surface area contributed by atoms with Gasteiger partial charge in [0.25, 0.3) is 0 Å². The van der Waals surface area contributed by atoms with Crippen LogP contribution in [0.2, 0.25) is 0 Å². The standard InChI is InChI=1S/C11H24N2O4S/c1-11(2,3)17-10(14)12-8-6-5-7-9-13-18(4,15)16/h13H,5-9H2,1-4H3,(H,12,14). The Morgan fingerprint density at radius 3 is 2.17 bits per heavy atom. The Morgan fingerprint density at radius 2 is 1.67 bits per heavy atom. The molecule has 0 fully saturated rings. The number of carbonyl (C=O) groups excluding carboxylic acids is 1. The zero-order valence-electron chi connectivity index (χ0n) is 11.6. The number of carbonyl (C=O) groups is 1. The van der Waals surface area contributed by atoms with E-state index in [1.165, 1.54) is 0 Å². The molecule has 0 spiro atoms. The van der Waals surface area contributed by atoms with Gasteiger partial charge in [-0.3, -0.25) is 0 Å². The monoisotopic (exact) mass is 280 g/mol. The van der Waals surface area contributed by atoms with Crippen molar-refractivity contribution in [1.29, 1.82) is 0 Å². The predicted octanol–water partition coefficient (Wildman–Crippen LogP) is 1.23. The van der Waals surface area contributed by atoms with Crippen molar-refractivity contribution in [2.75, 3.05) is 19.3 Å². The van der Waals surface area contributed by atoms with Crippen LogP contribution in [0.25, 0.3) is 0 Å². The first-order valence-corrected chi connectivity index (χ1v) is 7.91. The van der Waals surface area contributed by atoms with Gasteiger partial charge in [0.05, 0.1) is 6.26 Å². The van der Waals surface area contributed by atoms with Crippen LogP contribution in [-0.4, -0.2) is 39.5 Å². The van der Waals surface area contributed by atoms with Crippen LogP contribution < -0.4 is 10.0 Å². The third-order valence-electron chi connectivity index (χ3n) is 1.89. The Bertz CT molecular complexity index is 347. The molecule has 0 rings (SSSR count). The van der Waals surface area contributed by atoms with E-state index in [0.29, 0.717) is 13.1 Å². The first-order chi connectivity index (χ1) is 8.10. The molecule has 6 nitrogen and oxygen atoms in total. The zero-order valence-corrected chi connectivity index (χ0v) is 12.4. The molecule has 0 radical (unpaired) electrons. The van der Waals surface area contributed by atoms with Crippen LogP contribution in [0, 0.1) is 0 Å². The van der Waals surface area contributed by atoms with Gasteiger partial charge in [0.15, 0.2) is 0 Å². The fourth-order valence-corrected chi connectivity index (χ4v) is 1.70.